The second-order valence-corrected chi connectivity index (χ2v) is 5.75. The summed E-state index contributed by atoms with van der Waals surface area (Å²) < 4.78 is 0. The van der Waals surface area contributed by atoms with E-state index in [1.54, 1.807) is 0 Å². The van der Waals surface area contributed by atoms with Crippen LogP contribution >= 0.6 is 0 Å². The van der Waals surface area contributed by atoms with E-state index in [0.29, 0.717) is 25.6 Å². The van der Waals surface area contributed by atoms with Gasteiger partial charge in [-0.25, -0.2) is 0 Å². The molecule has 1 fully saturated rings. The Bertz CT molecular complexity index is 309. The van der Waals surface area contributed by atoms with Gasteiger partial charge in [-0.2, -0.15) is 0 Å². The van der Waals surface area contributed by atoms with Crippen molar-refractivity contribution >= 4 is 11.8 Å². The fourth-order valence-electron chi connectivity index (χ4n) is 2.83. The van der Waals surface area contributed by atoms with Gasteiger partial charge in [-0.05, 0) is 26.7 Å². The molecule has 1 rings (SSSR count). The molecule has 1 aliphatic rings. The first-order chi connectivity index (χ1) is 10.2. The van der Waals surface area contributed by atoms with E-state index in [2.05, 4.69) is 10.6 Å². The molecule has 0 aromatic rings. The Morgan fingerprint density at radius 1 is 1.05 bits per heavy atom. The first kappa shape index (κ1) is 18.0. The summed E-state index contributed by atoms with van der Waals surface area (Å²) in [6.45, 7) is 6.33. The molecule has 0 spiro atoms. The van der Waals surface area contributed by atoms with Crippen molar-refractivity contribution in [1.82, 2.24) is 15.5 Å². The molecule has 1 aliphatic carbocycles. The number of nitrogens with zero attached hydrogens (tertiary/aromatic N) is 1. The monoisotopic (exact) mass is 297 g/mol. The van der Waals surface area contributed by atoms with Gasteiger partial charge in [-0.3, -0.25) is 9.59 Å². The van der Waals surface area contributed by atoms with Crippen LogP contribution in [-0.2, 0) is 9.59 Å². The van der Waals surface area contributed by atoms with Gasteiger partial charge in [0.1, 0.15) is 0 Å². The van der Waals surface area contributed by atoms with Crippen molar-refractivity contribution in [3.05, 3.63) is 0 Å². The fourth-order valence-corrected chi connectivity index (χ4v) is 2.83. The summed E-state index contributed by atoms with van der Waals surface area (Å²) in [6.07, 6.45) is 7.68. The molecular formula is C16H31N3O2. The van der Waals surface area contributed by atoms with Gasteiger partial charge in [0.2, 0.25) is 11.8 Å². The Kier molecular flexibility index (Phi) is 9.06. The number of amides is 2. The smallest absolute Gasteiger partial charge is 0.234 e. The lowest BCUT2D eigenvalue weighted by Gasteiger charge is -2.19. The van der Waals surface area contributed by atoms with Crippen LogP contribution < -0.4 is 10.6 Å². The van der Waals surface area contributed by atoms with E-state index in [9.17, 15) is 9.59 Å². The van der Waals surface area contributed by atoms with Gasteiger partial charge in [-0.15, -0.1) is 0 Å². The molecule has 1 saturated carbocycles. The molecule has 0 unspecified atom stereocenters. The maximum atomic E-state index is 11.8. The molecule has 2 N–H and O–H groups in total. The zero-order chi connectivity index (χ0) is 15.5. The molecule has 5 heteroatoms. The number of nitrogens with one attached hydrogen (secondary N) is 2. The number of hydrogen-bond acceptors (Lipinski definition) is 3. The summed E-state index contributed by atoms with van der Waals surface area (Å²) >= 11 is 0. The fraction of sp³-hybridized carbons (Fsp3) is 0.875. The Balaban J connectivity index is 2.11. The van der Waals surface area contributed by atoms with Crippen molar-refractivity contribution in [3.63, 3.8) is 0 Å². The van der Waals surface area contributed by atoms with E-state index in [1.165, 1.54) is 25.7 Å². The molecule has 0 bridgehead atoms. The van der Waals surface area contributed by atoms with Crippen molar-refractivity contribution in [2.75, 3.05) is 26.2 Å². The standard InChI is InChI=1S/C16H31N3O2/c1-3-19(4-2)16(21)11-12-17-13-15(20)18-14-9-7-5-6-8-10-14/h14,17H,3-13H2,1-2H3,(H,18,20). The summed E-state index contributed by atoms with van der Waals surface area (Å²) in [7, 11) is 0. The first-order valence-electron chi connectivity index (χ1n) is 8.45. The highest BCUT2D eigenvalue weighted by molar-refractivity contribution is 5.78. The molecule has 0 aromatic heterocycles. The Morgan fingerprint density at radius 3 is 2.24 bits per heavy atom. The van der Waals surface area contributed by atoms with Crippen LogP contribution in [0.15, 0.2) is 0 Å². The molecule has 0 atom stereocenters. The third-order valence-corrected chi connectivity index (χ3v) is 4.14. The summed E-state index contributed by atoms with van der Waals surface area (Å²) in [6, 6.07) is 0.346. The molecule has 2 amide bonds. The maximum Gasteiger partial charge on any atom is 0.234 e. The van der Waals surface area contributed by atoms with Gasteiger partial charge in [0.15, 0.2) is 0 Å². The number of carbonyl (C=O) groups excluding carboxylic acids is 2. The van der Waals surface area contributed by atoms with Crippen molar-refractivity contribution in [3.8, 4) is 0 Å². The highest BCUT2D eigenvalue weighted by Crippen LogP contribution is 2.16. The van der Waals surface area contributed by atoms with E-state index < -0.39 is 0 Å². The minimum atomic E-state index is 0.0530. The normalized spacial score (nSPS) is 16.3. The second-order valence-electron chi connectivity index (χ2n) is 5.75. The summed E-state index contributed by atoms with van der Waals surface area (Å²) in [5, 5.41) is 6.16. The lowest BCUT2D eigenvalue weighted by atomic mass is 10.1. The Labute approximate surface area is 128 Å². The van der Waals surface area contributed by atoms with E-state index >= 15 is 0 Å². The minimum absolute atomic E-state index is 0.0530. The zero-order valence-corrected chi connectivity index (χ0v) is 13.6. The average Bonchev–Trinajstić information content (AvgIpc) is 2.73. The van der Waals surface area contributed by atoms with E-state index in [4.69, 9.17) is 0 Å². The van der Waals surface area contributed by atoms with Crippen LogP contribution in [0.1, 0.15) is 58.8 Å². The topological polar surface area (TPSA) is 61.4 Å². The lowest BCUT2D eigenvalue weighted by Crippen LogP contribution is -2.41. The largest absolute Gasteiger partial charge is 0.352 e. The molecule has 0 aliphatic heterocycles. The Hall–Kier alpha value is -1.10. The first-order valence-corrected chi connectivity index (χ1v) is 8.45. The quantitative estimate of drug-likeness (QED) is 0.529. The van der Waals surface area contributed by atoms with Crippen LogP contribution in [0.3, 0.4) is 0 Å². The Morgan fingerprint density at radius 2 is 1.67 bits per heavy atom. The zero-order valence-electron chi connectivity index (χ0n) is 13.6. The van der Waals surface area contributed by atoms with Crippen molar-refractivity contribution in [2.24, 2.45) is 0 Å². The van der Waals surface area contributed by atoms with Gasteiger partial charge < -0.3 is 15.5 Å². The van der Waals surface area contributed by atoms with Crippen LogP contribution in [0.2, 0.25) is 0 Å². The minimum Gasteiger partial charge on any atom is -0.352 e. The van der Waals surface area contributed by atoms with Crippen LogP contribution in [0.5, 0.6) is 0 Å². The second kappa shape index (κ2) is 10.6. The van der Waals surface area contributed by atoms with Crippen molar-refractivity contribution in [1.29, 1.82) is 0 Å². The van der Waals surface area contributed by atoms with E-state index in [-0.39, 0.29) is 11.8 Å². The molecular weight excluding hydrogens is 266 g/mol. The van der Waals surface area contributed by atoms with Crippen LogP contribution in [0, 0.1) is 0 Å². The third kappa shape index (κ3) is 7.46. The number of hydrogen-bond donors (Lipinski definition) is 2. The highest BCUT2D eigenvalue weighted by Gasteiger charge is 2.14. The van der Waals surface area contributed by atoms with Crippen molar-refractivity contribution < 1.29 is 9.59 Å². The summed E-state index contributed by atoms with van der Waals surface area (Å²) in [5.41, 5.74) is 0. The maximum absolute atomic E-state index is 11.8. The summed E-state index contributed by atoms with van der Waals surface area (Å²) in [4.78, 5) is 25.4. The SMILES string of the molecule is CCN(CC)C(=O)CCNCC(=O)NC1CCCCCC1. The molecule has 5 nitrogen and oxygen atoms in total. The molecule has 0 radical (unpaired) electrons. The van der Waals surface area contributed by atoms with E-state index in [0.717, 1.165) is 25.9 Å². The van der Waals surface area contributed by atoms with Gasteiger partial charge >= 0.3 is 0 Å². The molecule has 21 heavy (non-hydrogen) atoms. The molecule has 0 saturated heterocycles. The van der Waals surface area contributed by atoms with Gasteiger partial charge in [0.05, 0.1) is 6.54 Å². The van der Waals surface area contributed by atoms with Crippen LogP contribution in [0.25, 0.3) is 0 Å². The van der Waals surface area contributed by atoms with Crippen LogP contribution in [-0.4, -0.2) is 48.9 Å². The average molecular weight is 297 g/mol. The number of carbonyl (C=O) groups is 2. The molecule has 0 heterocycles. The summed E-state index contributed by atoms with van der Waals surface area (Å²) in [5.74, 6) is 0.203. The third-order valence-electron chi connectivity index (χ3n) is 4.14. The van der Waals surface area contributed by atoms with Gasteiger partial charge in [0, 0.05) is 32.1 Å². The molecule has 122 valence electrons. The predicted octanol–water partition coefficient (Wildman–Crippen LogP) is 1.67. The van der Waals surface area contributed by atoms with Gasteiger partial charge in [-0.1, -0.05) is 25.7 Å². The van der Waals surface area contributed by atoms with Crippen molar-refractivity contribution in [2.45, 2.75) is 64.8 Å². The number of rotatable bonds is 8. The predicted molar refractivity (Wildman–Crippen MR) is 85.0 cm³/mol. The van der Waals surface area contributed by atoms with Gasteiger partial charge in [0.25, 0.3) is 0 Å². The van der Waals surface area contributed by atoms with E-state index in [1.807, 2.05) is 18.7 Å². The van der Waals surface area contributed by atoms with Crippen LogP contribution in [0.4, 0.5) is 0 Å². The molecule has 0 aromatic carbocycles. The highest BCUT2D eigenvalue weighted by atomic mass is 16.2. The lowest BCUT2D eigenvalue weighted by molar-refractivity contribution is -0.131.